The molecule has 112 valence electrons. The van der Waals surface area contributed by atoms with Crippen LogP contribution >= 0.6 is 30.4 Å². The first-order valence-electron chi connectivity index (χ1n) is 6.82. The Labute approximate surface area is 136 Å². The fourth-order valence-electron chi connectivity index (χ4n) is 2.57. The van der Waals surface area contributed by atoms with E-state index in [4.69, 9.17) is 4.18 Å². The van der Waals surface area contributed by atoms with Crippen molar-refractivity contribution in [1.29, 1.82) is 0 Å². The summed E-state index contributed by atoms with van der Waals surface area (Å²) in [5, 5.41) is 4.56. The van der Waals surface area contributed by atoms with Crippen molar-refractivity contribution >= 4 is 36.3 Å². The second kappa shape index (κ2) is 7.13. The number of nitrogens with zero attached hydrogens (tertiary/aromatic N) is 3. The molecule has 0 N–H and O–H groups in total. The smallest absolute Gasteiger partial charge is 0.274 e. The average molecular weight is 409 g/mol. The number of rotatable bonds is 5. The van der Waals surface area contributed by atoms with Crippen molar-refractivity contribution in [1.82, 2.24) is 14.7 Å². The van der Waals surface area contributed by atoms with Crippen LogP contribution in [0.5, 0.6) is 0 Å². The van der Waals surface area contributed by atoms with E-state index in [1.165, 1.54) is 14.9 Å². The molecular formula is C13H20IN3O2S. The van der Waals surface area contributed by atoms with Crippen LogP contribution in [0.3, 0.4) is 0 Å². The second-order valence-electron chi connectivity index (χ2n) is 5.22. The van der Waals surface area contributed by atoms with E-state index in [-0.39, 0.29) is 12.0 Å². The lowest BCUT2D eigenvalue weighted by Crippen LogP contribution is -2.26. The molecule has 0 fully saturated rings. The van der Waals surface area contributed by atoms with Gasteiger partial charge in [-0.05, 0) is 19.3 Å². The lowest BCUT2D eigenvalue weighted by Gasteiger charge is -2.22. The summed E-state index contributed by atoms with van der Waals surface area (Å²) in [6.45, 7) is 3.00. The molecule has 0 aromatic carbocycles. The number of amides is 1. The Morgan fingerprint density at radius 2 is 2.35 bits per heavy atom. The maximum Gasteiger partial charge on any atom is 0.274 e. The van der Waals surface area contributed by atoms with Crippen molar-refractivity contribution in [2.45, 2.75) is 45.3 Å². The van der Waals surface area contributed by atoms with Gasteiger partial charge in [0.2, 0.25) is 0 Å². The maximum absolute atomic E-state index is 12.3. The van der Waals surface area contributed by atoms with E-state index in [0.29, 0.717) is 5.69 Å². The monoisotopic (exact) mass is 409 g/mol. The fraction of sp³-hybridized carbons (Fsp3) is 0.692. The number of carbonyl (C=O) groups excluding carboxylic acids is 1. The zero-order valence-electron chi connectivity index (χ0n) is 12.1. The quantitative estimate of drug-likeness (QED) is 0.555. The highest BCUT2D eigenvalue weighted by Crippen LogP contribution is 2.30. The van der Waals surface area contributed by atoms with Crippen LogP contribution in [-0.2, 0) is 23.6 Å². The molecule has 0 spiro atoms. The lowest BCUT2D eigenvalue weighted by molar-refractivity contribution is 0.0819. The number of halogens is 1. The van der Waals surface area contributed by atoms with Gasteiger partial charge in [0, 0.05) is 59.5 Å². The molecule has 1 unspecified atom stereocenters. The SMILES string of the molecule is CCCn1nc(C(=O)N(C)C)c2c1CCC(OSI)C2. The van der Waals surface area contributed by atoms with Crippen LogP contribution in [0.1, 0.15) is 41.5 Å². The third-order valence-electron chi connectivity index (χ3n) is 3.52. The summed E-state index contributed by atoms with van der Waals surface area (Å²) in [5.74, 6) is -0.0149. The predicted molar refractivity (Wildman–Crippen MR) is 89.0 cm³/mol. The normalized spacial score (nSPS) is 17.9. The van der Waals surface area contributed by atoms with E-state index < -0.39 is 0 Å². The van der Waals surface area contributed by atoms with Gasteiger partial charge in [-0.25, -0.2) is 0 Å². The molecule has 1 aliphatic rings. The molecule has 2 rings (SSSR count). The molecule has 1 heterocycles. The van der Waals surface area contributed by atoms with Gasteiger partial charge in [0.1, 0.15) is 0 Å². The molecule has 0 bridgehead atoms. The summed E-state index contributed by atoms with van der Waals surface area (Å²) >= 11 is 2.14. The summed E-state index contributed by atoms with van der Waals surface area (Å²) in [4.78, 5) is 13.9. The molecule has 1 atom stereocenters. The van der Waals surface area contributed by atoms with Gasteiger partial charge < -0.3 is 9.08 Å². The standard InChI is InChI=1S/C13H20IN3O2S/c1-4-7-17-11-6-5-9(19-20-14)8-10(11)12(15-17)13(18)16(2)3/h9H,4-8H2,1-3H3. The molecule has 1 aromatic heterocycles. The van der Waals surface area contributed by atoms with Crippen LogP contribution in [0.15, 0.2) is 0 Å². The lowest BCUT2D eigenvalue weighted by atomic mass is 9.93. The van der Waals surface area contributed by atoms with E-state index in [2.05, 4.69) is 33.2 Å². The van der Waals surface area contributed by atoms with Crippen LogP contribution in [0.4, 0.5) is 0 Å². The van der Waals surface area contributed by atoms with Crippen molar-refractivity contribution < 1.29 is 8.98 Å². The van der Waals surface area contributed by atoms with Crippen molar-refractivity contribution in [3.8, 4) is 0 Å². The summed E-state index contributed by atoms with van der Waals surface area (Å²) in [5.41, 5.74) is 2.90. The molecule has 1 amide bonds. The number of aromatic nitrogens is 2. The summed E-state index contributed by atoms with van der Waals surface area (Å²) < 4.78 is 7.66. The minimum atomic E-state index is -0.0149. The van der Waals surface area contributed by atoms with Crippen LogP contribution in [0.25, 0.3) is 0 Å². The second-order valence-corrected chi connectivity index (χ2v) is 6.62. The van der Waals surface area contributed by atoms with Gasteiger partial charge in [0.25, 0.3) is 5.91 Å². The number of aryl methyl sites for hydroxylation is 1. The van der Waals surface area contributed by atoms with E-state index in [1.807, 2.05) is 4.68 Å². The van der Waals surface area contributed by atoms with Gasteiger partial charge in [-0.2, -0.15) is 5.10 Å². The molecular weight excluding hydrogens is 389 g/mol. The van der Waals surface area contributed by atoms with Crippen molar-refractivity contribution in [2.24, 2.45) is 0 Å². The molecule has 1 aromatic rings. The maximum atomic E-state index is 12.3. The number of hydrogen-bond acceptors (Lipinski definition) is 4. The number of fused-ring (bicyclic) bond motifs is 1. The summed E-state index contributed by atoms with van der Waals surface area (Å²) in [6, 6.07) is 0. The Morgan fingerprint density at radius 3 is 2.95 bits per heavy atom. The van der Waals surface area contributed by atoms with E-state index >= 15 is 0 Å². The molecule has 7 heteroatoms. The Bertz CT molecular complexity index is 490. The van der Waals surface area contributed by atoms with Crippen LogP contribution < -0.4 is 0 Å². The largest absolute Gasteiger partial charge is 0.343 e. The van der Waals surface area contributed by atoms with Crippen molar-refractivity contribution in [2.75, 3.05) is 14.1 Å². The minimum absolute atomic E-state index is 0.0149. The van der Waals surface area contributed by atoms with E-state index in [1.54, 1.807) is 19.0 Å². The average Bonchev–Trinajstić information content (AvgIpc) is 2.77. The molecule has 5 nitrogen and oxygen atoms in total. The minimum Gasteiger partial charge on any atom is -0.343 e. The van der Waals surface area contributed by atoms with Crippen LogP contribution in [0, 0.1) is 0 Å². The highest BCUT2D eigenvalue weighted by molar-refractivity contribution is 14.2. The van der Waals surface area contributed by atoms with Crippen LogP contribution in [-0.4, -0.2) is 40.8 Å². The Hall–Kier alpha value is -0.280. The number of hydrogen-bond donors (Lipinski definition) is 0. The van der Waals surface area contributed by atoms with Crippen molar-refractivity contribution in [3.63, 3.8) is 0 Å². The first-order valence-corrected chi connectivity index (χ1v) is 10.1. The summed E-state index contributed by atoms with van der Waals surface area (Å²) in [7, 11) is 4.91. The Kier molecular flexibility index (Phi) is 5.74. The fourth-order valence-corrected chi connectivity index (χ4v) is 3.72. The first kappa shape index (κ1) is 16.1. The van der Waals surface area contributed by atoms with E-state index in [9.17, 15) is 4.79 Å². The van der Waals surface area contributed by atoms with Gasteiger partial charge >= 0.3 is 0 Å². The van der Waals surface area contributed by atoms with Crippen LogP contribution in [0.2, 0.25) is 0 Å². The Balaban J connectivity index is 2.35. The highest BCUT2D eigenvalue weighted by Gasteiger charge is 2.30. The molecule has 1 aliphatic carbocycles. The van der Waals surface area contributed by atoms with Gasteiger partial charge in [-0.15, -0.1) is 0 Å². The molecule has 0 radical (unpaired) electrons. The number of carbonyl (C=O) groups is 1. The van der Waals surface area contributed by atoms with Gasteiger partial charge in [-0.3, -0.25) is 9.48 Å². The Morgan fingerprint density at radius 1 is 1.60 bits per heavy atom. The van der Waals surface area contributed by atoms with Gasteiger partial charge in [0.05, 0.1) is 15.3 Å². The van der Waals surface area contributed by atoms with E-state index in [0.717, 1.165) is 37.8 Å². The van der Waals surface area contributed by atoms with Gasteiger partial charge in [-0.1, -0.05) is 6.92 Å². The zero-order chi connectivity index (χ0) is 14.7. The molecule has 0 aliphatic heterocycles. The zero-order valence-corrected chi connectivity index (χ0v) is 15.0. The summed E-state index contributed by atoms with van der Waals surface area (Å²) in [6.07, 6.45) is 3.91. The topological polar surface area (TPSA) is 47.4 Å². The molecule has 20 heavy (non-hydrogen) atoms. The molecule has 0 saturated carbocycles. The highest BCUT2D eigenvalue weighted by atomic mass is 127. The predicted octanol–water partition coefficient (Wildman–Crippen LogP) is 2.87. The third kappa shape index (κ3) is 3.30. The van der Waals surface area contributed by atoms with Gasteiger partial charge in [0.15, 0.2) is 5.69 Å². The first-order chi connectivity index (χ1) is 9.58. The molecule has 0 saturated heterocycles. The third-order valence-corrected chi connectivity index (χ3v) is 4.49. The van der Waals surface area contributed by atoms with Crippen molar-refractivity contribution in [3.05, 3.63) is 17.0 Å².